The van der Waals surface area contributed by atoms with E-state index in [1.165, 1.54) is 12.3 Å². The number of aromatic nitrogens is 1. The van der Waals surface area contributed by atoms with Gasteiger partial charge in [0.25, 0.3) is 0 Å². The molecule has 1 aromatic rings. The van der Waals surface area contributed by atoms with Gasteiger partial charge in [-0.25, -0.2) is 0 Å². The molecule has 0 amide bonds. The van der Waals surface area contributed by atoms with Crippen molar-refractivity contribution in [2.45, 2.75) is 13.8 Å². The third kappa shape index (κ3) is 2.35. The van der Waals surface area contributed by atoms with Crippen LogP contribution in [0.1, 0.15) is 13.8 Å². The normalized spacial score (nSPS) is 7.80. The first-order valence-corrected chi connectivity index (χ1v) is 3.23. The second-order valence-electron chi connectivity index (χ2n) is 1.46. The molecule has 0 aliphatic carbocycles. The molecule has 0 saturated heterocycles. The fourth-order valence-electron chi connectivity index (χ4n) is 0.429. The van der Waals surface area contributed by atoms with Crippen molar-refractivity contribution in [3.8, 4) is 0 Å². The van der Waals surface area contributed by atoms with Gasteiger partial charge >= 0.3 is 0 Å². The Hall–Kier alpha value is -1.25. The van der Waals surface area contributed by atoms with Crippen molar-refractivity contribution in [1.29, 1.82) is 0 Å². The van der Waals surface area contributed by atoms with Crippen LogP contribution in [-0.2, 0) is 0 Å². The van der Waals surface area contributed by atoms with E-state index in [2.05, 4.69) is 4.98 Å². The molecule has 0 aromatic carbocycles. The van der Waals surface area contributed by atoms with E-state index < -0.39 is 0 Å². The monoisotopic (exact) mass is 140 g/mol. The van der Waals surface area contributed by atoms with Crippen molar-refractivity contribution in [1.82, 2.24) is 4.98 Å². The summed E-state index contributed by atoms with van der Waals surface area (Å²) in [6, 6.07) is 1.38. The molecule has 56 valence electrons. The summed E-state index contributed by atoms with van der Waals surface area (Å²) in [5.74, 6) is 0. The molecule has 3 nitrogen and oxygen atoms in total. The van der Waals surface area contributed by atoms with Gasteiger partial charge in [-0.1, -0.05) is 13.8 Å². The zero-order chi connectivity index (χ0) is 7.98. The summed E-state index contributed by atoms with van der Waals surface area (Å²) in [5.41, 5.74) is 5.30. The highest BCUT2D eigenvalue weighted by atomic mass is 16.1. The van der Waals surface area contributed by atoms with E-state index in [9.17, 15) is 4.79 Å². The summed E-state index contributed by atoms with van der Waals surface area (Å²) in [4.78, 5) is 13.2. The molecule has 0 aliphatic rings. The second kappa shape index (κ2) is 4.61. The zero-order valence-electron chi connectivity index (χ0n) is 6.22. The lowest BCUT2D eigenvalue weighted by Crippen LogP contribution is -2.05. The number of pyridine rings is 1. The van der Waals surface area contributed by atoms with Gasteiger partial charge in [-0.05, 0) is 0 Å². The molecule has 1 heterocycles. The van der Waals surface area contributed by atoms with Gasteiger partial charge < -0.3 is 10.7 Å². The number of anilines is 1. The highest BCUT2D eigenvalue weighted by Gasteiger charge is 1.84. The van der Waals surface area contributed by atoms with Gasteiger partial charge in [-0.15, -0.1) is 0 Å². The first-order chi connectivity index (χ1) is 4.80. The molecule has 3 heteroatoms. The lowest BCUT2D eigenvalue weighted by molar-refractivity contribution is 1.31. The molecule has 1 aromatic heterocycles. The van der Waals surface area contributed by atoms with Crippen LogP contribution in [0.4, 0.5) is 5.69 Å². The van der Waals surface area contributed by atoms with Gasteiger partial charge in [0.05, 0.1) is 5.69 Å². The number of nitrogens with one attached hydrogen (secondary N) is 1. The number of hydrogen-bond acceptors (Lipinski definition) is 2. The number of hydrogen-bond donors (Lipinski definition) is 2. The molecule has 3 N–H and O–H groups in total. The van der Waals surface area contributed by atoms with Crippen molar-refractivity contribution in [3.05, 3.63) is 28.7 Å². The summed E-state index contributed by atoms with van der Waals surface area (Å²) in [7, 11) is 0. The average Bonchev–Trinajstić information content (AvgIpc) is 2.00. The Morgan fingerprint density at radius 3 is 2.40 bits per heavy atom. The van der Waals surface area contributed by atoms with E-state index in [0.29, 0.717) is 0 Å². The molecule has 0 atom stereocenters. The number of rotatable bonds is 0. The quantitative estimate of drug-likeness (QED) is 0.564. The van der Waals surface area contributed by atoms with Gasteiger partial charge in [0.15, 0.2) is 0 Å². The minimum absolute atomic E-state index is 0.135. The fraction of sp³-hybridized carbons (Fsp3) is 0.286. The maximum absolute atomic E-state index is 10.5. The van der Waals surface area contributed by atoms with Gasteiger partial charge in [0.2, 0.25) is 5.43 Å². The van der Waals surface area contributed by atoms with E-state index in [1.807, 2.05) is 13.8 Å². The maximum Gasteiger partial charge on any atom is 0.204 e. The Labute approximate surface area is 59.9 Å². The Balaban J connectivity index is 0.000000371. The van der Waals surface area contributed by atoms with E-state index >= 15 is 0 Å². The Bertz CT molecular complexity index is 229. The van der Waals surface area contributed by atoms with Gasteiger partial charge in [0.1, 0.15) is 0 Å². The summed E-state index contributed by atoms with van der Waals surface area (Å²) >= 11 is 0. The second-order valence-corrected chi connectivity index (χ2v) is 1.46. The Kier molecular flexibility index (Phi) is 4.04. The summed E-state index contributed by atoms with van der Waals surface area (Å²) in [5, 5.41) is 0. The van der Waals surface area contributed by atoms with Crippen molar-refractivity contribution in [2.75, 3.05) is 5.73 Å². The van der Waals surface area contributed by atoms with E-state index in [0.717, 1.165) is 0 Å². The topological polar surface area (TPSA) is 58.9 Å². The van der Waals surface area contributed by atoms with Gasteiger partial charge in [-0.3, -0.25) is 4.79 Å². The standard InChI is InChI=1S/C5H6N2O.C2H6/c6-4-3-7-2-1-5(4)8;1-2/h1-3H,6H2,(H,7,8);1-2H3. The first-order valence-electron chi connectivity index (χ1n) is 3.23. The molecule has 0 bridgehead atoms. The molecular weight excluding hydrogens is 128 g/mol. The summed E-state index contributed by atoms with van der Waals surface area (Å²) < 4.78 is 0. The highest BCUT2D eigenvalue weighted by molar-refractivity contribution is 5.32. The van der Waals surface area contributed by atoms with Crippen LogP contribution >= 0.6 is 0 Å². The number of aromatic amines is 1. The lowest BCUT2D eigenvalue weighted by atomic mass is 10.4. The van der Waals surface area contributed by atoms with E-state index in [1.54, 1.807) is 6.20 Å². The molecule has 0 saturated carbocycles. The van der Waals surface area contributed by atoms with Crippen molar-refractivity contribution in [2.24, 2.45) is 0 Å². The SMILES string of the molecule is CC.Nc1c[nH]ccc1=O. The summed E-state index contributed by atoms with van der Waals surface area (Å²) in [6.07, 6.45) is 3.00. The number of nitrogens with two attached hydrogens (primary N) is 1. The smallest absolute Gasteiger partial charge is 0.204 e. The van der Waals surface area contributed by atoms with Crippen LogP contribution in [0.15, 0.2) is 23.3 Å². The van der Waals surface area contributed by atoms with E-state index in [-0.39, 0.29) is 11.1 Å². The first kappa shape index (κ1) is 8.75. The van der Waals surface area contributed by atoms with Crippen LogP contribution in [0.3, 0.4) is 0 Å². The van der Waals surface area contributed by atoms with Gasteiger partial charge in [-0.2, -0.15) is 0 Å². The van der Waals surface area contributed by atoms with Crippen molar-refractivity contribution < 1.29 is 0 Å². The molecule has 0 radical (unpaired) electrons. The van der Waals surface area contributed by atoms with Crippen molar-refractivity contribution >= 4 is 5.69 Å². The zero-order valence-corrected chi connectivity index (χ0v) is 6.22. The highest BCUT2D eigenvalue weighted by Crippen LogP contribution is 1.82. The minimum atomic E-state index is -0.135. The predicted molar refractivity (Wildman–Crippen MR) is 42.8 cm³/mol. The number of nitrogen functional groups attached to an aromatic ring is 1. The van der Waals surface area contributed by atoms with Crippen LogP contribution in [0.2, 0.25) is 0 Å². The fourth-order valence-corrected chi connectivity index (χ4v) is 0.429. The van der Waals surface area contributed by atoms with Crippen LogP contribution < -0.4 is 11.2 Å². The molecule has 0 fully saturated rings. The van der Waals surface area contributed by atoms with Crippen LogP contribution in [0, 0.1) is 0 Å². The number of H-pyrrole nitrogens is 1. The molecule has 1 rings (SSSR count). The molecule has 0 spiro atoms. The molecule has 0 aliphatic heterocycles. The minimum Gasteiger partial charge on any atom is -0.394 e. The maximum atomic E-state index is 10.5. The average molecular weight is 140 g/mol. The van der Waals surface area contributed by atoms with Gasteiger partial charge in [0, 0.05) is 18.5 Å². The summed E-state index contributed by atoms with van der Waals surface area (Å²) in [6.45, 7) is 4.00. The lowest BCUT2D eigenvalue weighted by Gasteiger charge is -1.84. The van der Waals surface area contributed by atoms with Crippen molar-refractivity contribution in [3.63, 3.8) is 0 Å². The van der Waals surface area contributed by atoms with Crippen LogP contribution in [-0.4, -0.2) is 4.98 Å². The van der Waals surface area contributed by atoms with Crippen LogP contribution in [0.5, 0.6) is 0 Å². The van der Waals surface area contributed by atoms with Crippen LogP contribution in [0.25, 0.3) is 0 Å². The Morgan fingerprint density at radius 1 is 1.50 bits per heavy atom. The largest absolute Gasteiger partial charge is 0.394 e. The molecular formula is C7H12N2O. The third-order valence-electron chi connectivity index (χ3n) is 0.854. The third-order valence-corrected chi connectivity index (χ3v) is 0.854. The molecule has 0 unspecified atom stereocenters. The Morgan fingerprint density at radius 2 is 2.10 bits per heavy atom. The molecule has 10 heavy (non-hydrogen) atoms. The predicted octanol–water partition coefficient (Wildman–Crippen LogP) is 0.983. The van der Waals surface area contributed by atoms with E-state index in [4.69, 9.17) is 5.73 Å².